The first-order chi connectivity index (χ1) is 12.5. The van der Waals surface area contributed by atoms with E-state index < -0.39 is 11.9 Å². The summed E-state index contributed by atoms with van der Waals surface area (Å²) in [6.07, 6.45) is 0. The predicted octanol–water partition coefficient (Wildman–Crippen LogP) is 1.37. The quantitative estimate of drug-likeness (QED) is 0.671. The summed E-state index contributed by atoms with van der Waals surface area (Å²) in [5.74, 6) is -0.752. The van der Waals surface area contributed by atoms with E-state index in [9.17, 15) is 14.4 Å². The summed E-state index contributed by atoms with van der Waals surface area (Å²) >= 11 is 0.857. The van der Waals surface area contributed by atoms with Crippen molar-refractivity contribution in [2.45, 2.75) is 20.4 Å². The number of benzene rings is 1. The van der Waals surface area contributed by atoms with Crippen molar-refractivity contribution in [2.24, 2.45) is 0 Å². The lowest BCUT2D eigenvalue weighted by Gasteiger charge is -2.10. The number of rotatable bonds is 5. The largest absolute Gasteiger partial charge is 0.461 e. The van der Waals surface area contributed by atoms with Gasteiger partial charge in [0.2, 0.25) is 11.6 Å². The van der Waals surface area contributed by atoms with Gasteiger partial charge in [-0.15, -0.1) is 5.10 Å². The molecule has 3 aromatic rings. The predicted molar refractivity (Wildman–Crippen MR) is 95.2 cm³/mol. The smallest absolute Gasteiger partial charge is 0.362 e. The summed E-state index contributed by atoms with van der Waals surface area (Å²) in [5, 5.41) is 6.82. The number of nitrogens with zero attached hydrogens (tertiary/aromatic N) is 4. The number of aromatic nitrogens is 4. The maximum atomic E-state index is 12.6. The van der Waals surface area contributed by atoms with Crippen LogP contribution in [0.25, 0.3) is 10.9 Å². The maximum absolute atomic E-state index is 12.6. The number of fused-ring (bicyclic) bond motifs is 1. The topological polar surface area (TPSA) is 116 Å². The van der Waals surface area contributed by atoms with Gasteiger partial charge in [0.05, 0.1) is 17.5 Å². The molecule has 2 aromatic heterocycles. The van der Waals surface area contributed by atoms with Crippen LogP contribution in [0.4, 0.5) is 5.00 Å². The highest BCUT2D eigenvalue weighted by Crippen LogP contribution is 2.18. The van der Waals surface area contributed by atoms with Crippen LogP contribution in [-0.4, -0.2) is 37.6 Å². The van der Waals surface area contributed by atoms with Gasteiger partial charge in [-0.3, -0.25) is 14.2 Å². The molecule has 0 aliphatic rings. The molecule has 0 spiro atoms. The summed E-state index contributed by atoms with van der Waals surface area (Å²) in [4.78, 5) is 41.1. The number of hydrogen-bond donors (Lipinski definition) is 1. The number of esters is 1. The molecule has 0 aliphatic carbocycles. The number of amides is 1. The second kappa shape index (κ2) is 7.40. The highest BCUT2D eigenvalue weighted by Gasteiger charge is 2.20. The zero-order chi connectivity index (χ0) is 18.7. The van der Waals surface area contributed by atoms with E-state index in [0.717, 1.165) is 11.5 Å². The SMILES string of the molecule is CCOC(=O)c1nnsc1NC(=O)Cn1c(C)nc2ccccc2c1=O. The van der Waals surface area contributed by atoms with Crippen LogP contribution < -0.4 is 10.9 Å². The summed E-state index contributed by atoms with van der Waals surface area (Å²) in [5.41, 5.74) is 0.199. The second-order valence-corrected chi connectivity index (χ2v) is 6.04. The summed E-state index contributed by atoms with van der Waals surface area (Å²) in [7, 11) is 0. The molecule has 0 saturated carbocycles. The Morgan fingerprint density at radius 2 is 2.08 bits per heavy atom. The van der Waals surface area contributed by atoms with Crippen LogP contribution in [-0.2, 0) is 16.1 Å². The van der Waals surface area contributed by atoms with Crippen molar-refractivity contribution in [1.29, 1.82) is 0 Å². The summed E-state index contributed by atoms with van der Waals surface area (Å²) < 4.78 is 9.79. The monoisotopic (exact) mass is 373 g/mol. The minimum atomic E-state index is -0.669. The third-order valence-corrected chi connectivity index (χ3v) is 4.21. The third kappa shape index (κ3) is 3.45. The van der Waals surface area contributed by atoms with E-state index in [1.165, 1.54) is 4.57 Å². The first-order valence-electron chi connectivity index (χ1n) is 7.76. The molecule has 26 heavy (non-hydrogen) atoms. The Hall–Kier alpha value is -3.14. The van der Waals surface area contributed by atoms with E-state index in [1.54, 1.807) is 38.1 Å². The van der Waals surface area contributed by atoms with E-state index in [0.29, 0.717) is 16.7 Å². The normalized spacial score (nSPS) is 10.7. The zero-order valence-electron chi connectivity index (χ0n) is 14.1. The molecule has 2 heterocycles. The Labute approximate surface area is 151 Å². The molecular weight excluding hydrogens is 358 g/mol. The molecule has 0 bridgehead atoms. The fraction of sp³-hybridized carbons (Fsp3) is 0.250. The number of carbonyl (C=O) groups excluding carboxylic acids is 2. The Balaban J connectivity index is 1.84. The van der Waals surface area contributed by atoms with Gasteiger partial charge in [0.1, 0.15) is 12.4 Å². The first-order valence-corrected chi connectivity index (χ1v) is 8.54. The average Bonchev–Trinajstić information content (AvgIpc) is 3.07. The number of ether oxygens (including phenoxy) is 1. The lowest BCUT2D eigenvalue weighted by molar-refractivity contribution is -0.116. The minimum absolute atomic E-state index is 0.0640. The van der Waals surface area contributed by atoms with Crippen LogP contribution in [0.1, 0.15) is 23.2 Å². The zero-order valence-corrected chi connectivity index (χ0v) is 14.9. The van der Waals surface area contributed by atoms with Crippen molar-refractivity contribution >= 4 is 39.3 Å². The first kappa shape index (κ1) is 17.7. The summed E-state index contributed by atoms with van der Waals surface area (Å²) in [6.45, 7) is 3.25. The molecule has 3 rings (SSSR count). The van der Waals surface area contributed by atoms with Crippen molar-refractivity contribution < 1.29 is 14.3 Å². The molecule has 1 amide bonds. The third-order valence-electron chi connectivity index (χ3n) is 3.56. The molecule has 0 saturated heterocycles. The van der Waals surface area contributed by atoms with Crippen molar-refractivity contribution in [2.75, 3.05) is 11.9 Å². The average molecular weight is 373 g/mol. The van der Waals surface area contributed by atoms with Crippen molar-refractivity contribution in [3.05, 3.63) is 46.1 Å². The van der Waals surface area contributed by atoms with Gasteiger partial charge in [0.25, 0.3) is 5.56 Å². The van der Waals surface area contributed by atoms with Gasteiger partial charge < -0.3 is 10.1 Å². The highest BCUT2D eigenvalue weighted by atomic mass is 32.1. The van der Waals surface area contributed by atoms with Gasteiger partial charge in [0, 0.05) is 11.5 Å². The molecular formula is C16H15N5O4S. The Kier molecular flexibility index (Phi) is 5.03. The molecule has 1 N–H and O–H groups in total. The molecule has 0 fully saturated rings. The fourth-order valence-electron chi connectivity index (χ4n) is 2.38. The molecule has 0 aliphatic heterocycles. The number of hydrogen-bond acceptors (Lipinski definition) is 8. The van der Waals surface area contributed by atoms with Crippen molar-refractivity contribution in [1.82, 2.24) is 19.1 Å². The standard InChI is InChI=1S/C16H15N5O4S/c1-3-25-16(24)13-14(26-20-19-13)18-12(22)8-21-9(2)17-11-7-5-4-6-10(11)15(21)23/h4-7H,3,8H2,1-2H3,(H,18,22). The number of anilines is 1. The van der Waals surface area contributed by atoms with Crippen molar-refractivity contribution in [3.8, 4) is 0 Å². The Morgan fingerprint density at radius 1 is 1.31 bits per heavy atom. The number of nitrogens with one attached hydrogen (secondary N) is 1. The fourth-order valence-corrected chi connectivity index (χ4v) is 2.95. The highest BCUT2D eigenvalue weighted by molar-refractivity contribution is 7.10. The van der Waals surface area contributed by atoms with Gasteiger partial charge in [-0.05, 0) is 26.0 Å². The van der Waals surface area contributed by atoms with Gasteiger partial charge in [-0.1, -0.05) is 16.6 Å². The van der Waals surface area contributed by atoms with E-state index in [-0.39, 0.29) is 29.4 Å². The van der Waals surface area contributed by atoms with E-state index in [2.05, 4.69) is 19.9 Å². The number of aryl methyl sites for hydroxylation is 1. The molecule has 1 aromatic carbocycles. The summed E-state index contributed by atoms with van der Waals surface area (Å²) in [6, 6.07) is 6.92. The molecule has 0 radical (unpaired) electrons. The Morgan fingerprint density at radius 3 is 2.85 bits per heavy atom. The van der Waals surface area contributed by atoms with E-state index in [4.69, 9.17) is 4.74 Å². The van der Waals surface area contributed by atoms with Gasteiger partial charge in [0.15, 0.2) is 5.00 Å². The molecule has 10 heteroatoms. The number of carbonyl (C=O) groups is 2. The lowest BCUT2D eigenvalue weighted by atomic mass is 10.2. The minimum Gasteiger partial charge on any atom is -0.461 e. The van der Waals surface area contributed by atoms with E-state index in [1.807, 2.05) is 0 Å². The van der Waals surface area contributed by atoms with Gasteiger partial charge in [-0.2, -0.15) is 0 Å². The number of para-hydroxylation sites is 1. The molecule has 9 nitrogen and oxygen atoms in total. The van der Waals surface area contributed by atoms with Crippen LogP contribution in [0, 0.1) is 6.92 Å². The van der Waals surface area contributed by atoms with Crippen LogP contribution in [0.2, 0.25) is 0 Å². The van der Waals surface area contributed by atoms with Crippen LogP contribution >= 0.6 is 11.5 Å². The van der Waals surface area contributed by atoms with Crippen LogP contribution in [0.3, 0.4) is 0 Å². The van der Waals surface area contributed by atoms with Crippen LogP contribution in [0.15, 0.2) is 29.1 Å². The Bertz CT molecular complexity index is 1040. The van der Waals surface area contributed by atoms with Gasteiger partial charge >= 0.3 is 5.97 Å². The second-order valence-electron chi connectivity index (χ2n) is 5.29. The maximum Gasteiger partial charge on any atom is 0.362 e. The van der Waals surface area contributed by atoms with Crippen LogP contribution in [0.5, 0.6) is 0 Å². The molecule has 134 valence electrons. The van der Waals surface area contributed by atoms with E-state index >= 15 is 0 Å². The molecule has 0 atom stereocenters. The molecule has 0 unspecified atom stereocenters. The van der Waals surface area contributed by atoms with Crippen molar-refractivity contribution in [3.63, 3.8) is 0 Å². The van der Waals surface area contributed by atoms with Gasteiger partial charge in [-0.25, -0.2) is 9.78 Å². The lowest BCUT2D eigenvalue weighted by Crippen LogP contribution is -2.30.